The number of carbonyl (C=O) groups excluding carboxylic acids is 3. The molecule has 2 aromatic carbocycles. The van der Waals surface area contributed by atoms with Gasteiger partial charge in [0.1, 0.15) is 16.4 Å². The van der Waals surface area contributed by atoms with E-state index in [9.17, 15) is 27.6 Å². The van der Waals surface area contributed by atoms with Crippen molar-refractivity contribution in [1.82, 2.24) is 15.3 Å². The number of hydrogen-bond acceptors (Lipinski definition) is 9. The summed E-state index contributed by atoms with van der Waals surface area (Å²) in [6.07, 6.45) is -3.18. The van der Waals surface area contributed by atoms with Crippen LogP contribution in [0.1, 0.15) is 38.8 Å². The predicted molar refractivity (Wildman–Crippen MR) is 169 cm³/mol. The molecule has 0 atom stereocenters. The number of benzene rings is 2. The van der Waals surface area contributed by atoms with E-state index < -0.39 is 29.3 Å². The van der Waals surface area contributed by atoms with Crippen LogP contribution in [0.15, 0.2) is 55.3 Å². The minimum absolute atomic E-state index is 0.00746. The van der Waals surface area contributed by atoms with Gasteiger partial charge in [0.05, 0.1) is 24.6 Å². The molecule has 3 rings (SSSR count). The van der Waals surface area contributed by atoms with Gasteiger partial charge in [0.25, 0.3) is 0 Å². The summed E-state index contributed by atoms with van der Waals surface area (Å²) in [5.41, 5.74) is -1.28. The molecular formula is C31H34ClF3N6O5. The van der Waals surface area contributed by atoms with Crippen LogP contribution in [-0.4, -0.2) is 53.6 Å². The van der Waals surface area contributed by atoms with E-state index >= 15 is 0 Å². The lowest BCUT2D eigenvalue weighted by molar-refractivity contribution is -0.137. The summed E-state index contributed by atoms with van der Waals surface area (Å²) < 4.78 is 53.1. The van der Waals surface area contributed by atoms with Crippen molar-refractivity contribution in [2.24, 2.45) is 0 Å². The highest BCUT2D eigenvalue weighted by Crippen LogP contribution is 2.39. The van der Waals surface area contributed by atoms with Gasteiger partial charge in [-0.15, -0.1) is 0 Å². The van der Waals surface area contributed by atoms with Crippen LogP contribution in [0.5, 0.6) is 5.75 Å². The van der Waals surface area contributed by atoms with E-state index in [1.54, 1.807) is 39.0 Å². The number of halogens is 4. The highest BCUT2D eigenvalue weighted by Gasteiger charge is 2.35. The van der Waals surface area contributed by atoms with E-state index in [2.05, 4.69) is 32.5 Å². The first-order valence-electron chi connectivity index (χ1n) is 13.9. The molecule has 2 amide bonds. The van der Waals surface area contributed by atoms with Gasteiger partial charge in [-0.1, -0.05) is 18.2 Å². The Morgan fingerprint density at radius 3 is 2.37 bits per heavy atom. The van der Waals surface area contributed by atoms with Gasteiger partial charge in [0.15, 0.2) is 11.6 Å². The fourth-order valence-corrected chi connectivity index (χ4v) is 4.22. The molecule has 0 aliphatic rings. The highest BCUT2D eigenvalue weighted by atomic mass is 35.5. The Hall–Kier alpha value is -4.85. The average Bonchev–Trinajstić information content (AvgIpc) is 2.96. The van der Waals surface area contributed by atoms with Gasteiger partial charge in [-0.25, -0.2) is 9.78 Å². The smallest absolute Gasteiger partial charge is 0.418 e. The Morgan fingerprint density at radius 2 is 1.76 bits per heavy atom. The first kappa shape index (κ1) is 35.6. The number of methoxy groups -OCH3 is 1. The lowest BCUT2D eigenvalue weighted by atomic mass is 10.1. The van der Waals surface area contributed by atoms with Crippen LogP contribution in [0.4, 0.5) is 46.8 Å². The van der Waals surface area contributed by atoms with Crippen LogP contribution in [0.2, 0.25) is 5.02 Å². The van der Waals surface area contributed by atoms with Gasteiger partial charge in [0, 0.05) is 37.8 Å². The SMILES string of the molecule is C=CC(=O)Cc1cc(OC)ccc1Nc1nc(Nc2ccc(N(CCNC(=O)OC(C)(C)C)C(C)=O)cc2C(F)(F)F)ncc1Cl. The summed E-state index contributed by atoms with van der Waals surface area (Å²) in [5, 5.41) is 8.12. The first-order valence-corrected chi connectivity index (χ1v) is 14.2. The minimum Gasteiger partial charge on any atom is -0.497 e. The fourth-order valence-electron chi connectivity index (χ4n) is 4.08. The average molecular weight is 663 g/mol. The molecule has 3 aromatic rings. The van der Waals surface area contributed by atoms with Crippen molar-refractivity contribution < 1.29 is 37.0 Å². The summed E-state index contributed by atoms with van der Waals surface area (Å²) in [6.45, 7) is 9.55. The molecule has 11 nitrogen and oxygen atoms in total. The van der Waals surface area contributed by atoms with Crippen LogP contribution in [0.3, 0.4) is 0 Å². The van der Waals surface area contributed by atoms with Crippen LogP contribution in [0, 0.1) is 0 Å². The number of carbonyl (C=O) groups is 3. The molecule has 1 aromatic heterocycles. The van der Waals surface area contributed by atoms with Gasteiger partial charge < -0.3 is 30.3 Å². The summed E-state index contributed by atoms with van der Waals surface area (Å²) >= 11 is 6.30. The van der Waals surface area contributed by atoms with E-state index in [1.165, 1.54) is 32.4 Å². The van der Waals surface area contributed by atoms with Crippen LogP contribution >= 0.6 is 11.6 Å². The highest BCUT2D eigenvalue weighted by molar-refractivity contribution is 6.33. The molecule has 15 heteroatoms. The number of rotatable bonds is 12. The molecule has 0 aliphatic heterocycles. The molecule has 46 heavy (non-hydrogen) atoms. The molecule has 0 saturated carbocycles. The zero-order chi connectivity index (χ0) is 34.2. The third-order valence-corrected chi connectivity index (χ3v) is 6.43. The molecule has 246 valence electrons. The zero-order valence-electron chi connectivity index (χ0n) is 25.8. The Labute approximate surface area is 269 Å². The van der Waals surface area contributed by atoms with Crippen molar-refractivity contribution in [3.05, 3.63) is 71.4 Å². The van der Waals surface area contributed by atoms with Crippen LogP contribution in [0.25, 0.3) is 0 Å². The third kappa shape index (κ3) is 10.1. The molecule has 0 aliphatic carbocycles. The monoisotopic (exact) mass is 662 g/mol. The molecule has 1 heterocycles. The van der Waals surface area contributed by atoms with Gasteiger partial charge in [-0.2, -0.15) is 18.2 Å². The van der Waals surface area contributed by atoms with Crippen molar-refractivity contribution in [1.29, 1.82) is 0 Å². The normalized spacial score (nSPS) is 11.3. The Bertz CT molecular complexity index is 1610. The van der Waals surface area contributed by atoms with Crippen molar-refractivity contribution in [3.8, 4) is 5.75 Å². The van der Waals surface area contributed by atoms with Crippen LogP contribution in [-0.2, 0) is 26.9 Å². The molecule has 0 radical (unpaired) electrons. The van der Waals surface area contributed by atoms with Crippen molar-refractivity contribution in [2.75, 3.05) is 35.7 Å². The van der Waals surface area contributed by atoms with Gasteiger partial charge in [-0.05, 0) is 68.8 Å². The predicted octanol–water partition coefficient (Wildman–Crippen LogP) is 6.82. The number of allylic oxidation sites excluding steroid dienone is 1. The summed E-state index contributed by atoms with van der Waals surface area (Å²) in [5.74, 6) is -0.448. The van der Waals surface area contributed by atoms with Crippen LogP contribution < -0.4 is 25.6 Å². The molecule has 0 spiro atoms. The topological polar surface area (TPSA) is 135 Å². The standard InChI is InChI=1S/C31H34ClF3N6O5/c1-7-21(43)14-19-15-22(45-6)9-11-25(19)38-27-24(32)17-37-28(40-27)39-26-10-8-20(16-23(26)31(33,34)35)41(18(2)42)13-12-36-29(44)46-30(3,4)5/h7-11,15-17H,1,12-14H2,2-6H3,(H,36,44)(H2,37,38,39,40). The number of alkyl carbamates (subject to hydrolysis) is 1. The Kier molecular flexibility index (Phi) is 11.6. The second kappa shape index (κ2) is 15.0. The maximum absolute atomic E-state index is 14.2. The fraction of sp³-hybridized carbons (Fsp3) is 0.323. The number of hydrogen-bond donors (Lipinski definition) is 3. The van der Waals surface area contributed by atoms with E-state index in [1.807, 2.05) is 0 Å². The maximum Gasteiger partial charge on any atom is 0.418 e. The zero-order valence-corrected chi connectivity index (χ0v) is 26.6. The molecule has 0 saturated heterocycles. The van der Waals surface area contributed by atoms with Crippen molar-refractivity contribution >= 4 is 58.2 Å². The quantitative estimate of drug-likeness (QED) is 0.179. The second-order valence-electron chi connectivity index (χ2n) is 10.8. The number of aromatic nitrogens is 2. The molecule has 0 bridgehead atoms. The number of alkyl halides is 3. The second-order valence-corrected chi connectivity index (χ2v) is 11.2. The van der Waals surface area contributed by atoms with E-state index in [-0.39, 0.29) is 53.5 Å². The molecule has 0 unspecified atom stereocenters. The number of ketones is 1. The number of anilines is 5. The van der Waals surface area contributed by atoms with Gasteiger partial charge in [-0.3, -0.25) is 9.59 Å². The van der Waals surface area contributed by atoms with Crippen molar-refractivity contribution in [3.63, 3.8) is 0 Å². The van der Waals surface area contributed by atoms with E-state index in [4.69, 9.17) is 21.1 Å². The first-order chi connectivity index (χ1) is 21.5. The Balaban J connectivity index is 1.88. The summed E-state index contributed by atoms with van der Waals surface area (Å²) in [7, 11) is 1.48. The van der Waals surface area contributed by atoms with E-state index in [0.29, 0.717) is 17.0 Å². The number of nitrogens with one attached hydrogen (secondary N) is 3. The number of ether oxygens (including phenoxy) is 2. The van der Waals surface area contributed by atoms with Gasteiger partial charge in [0.2, 0.25) is 11.9 Å². The lowest BCUT2D eigenvalue weighted by Crippen LogP contribution is -2.39. The maximum atomic E-state index is 14.2. The Morgan fingerprint density at radius 1 is 1.07 bits per heavy atom. The molecule has 0 fully saturated rings. The van der Waals surface area contributed by atoms with Crippen molar-refractivity contribution in [2.45, 2.75) is 45.9 Å². The number of amides is 2. The summed E-state index contributed by atoms with van der Waals surface area (Å²) in [6, 6.07) is 8.21. The minimum atomic E-state index is -4.83. The molecule has 3 N–H and O–H groups in total. The van der Waals surface area contributed by atoms with Gasteiger partial charge >= 0.3 is 12.3 Å². The number of nitrogens with zero attached hydrogens (tertiary/aromatic N) is 3. The third-order valence-electron chi connectivity index (χ3n) is 6.15. The summed E-state index contributed by atoms with van der Waals surface area (Å²) in [4.78, 5) is 45.7. The van der Waals surface area contributed by atoms with E-state index in [0.717, 1.165) is 17.0 Å². The largest absolute Gasteiger partial charge is 0.497 e. The molecular weight excluding hydrogens is 629 g/mol. The lowest BCUT2D eigenvalue weighted by Gasteiger charge is -2.24.